The van der Waals surface area contributed by atoms with Crippen LogP contribution < -0.4 is 0 Å². The molecule has 0 saturated heterocycles. The lowest BCUT2D eigenvalue weighted by atomic mass is 10.1. The van der Waals surface area contributed by atoms with Crippen molar-refractivity contribution in [2.24, 2.45) is 0 Å². The van der Waals surface area contributed by atoms with E-state index in [0.29, 0.717) is 11.6 Å². The molecule has 0 rings (SSSR count). The van der Waals surface area contributed by atoms with Crippen LogP contribution in [-0.4, -0.2) is 33.5 Å². The van der Waals surface area contributed by atoms with Crippen LogP contribution in [0.5, 0.6) is 0 Å². The molecular formula is C26H52O2Si. The molecule has 0 heterocycles. The maximum Gasteiger partial charge on any atom is 0.137 e. The van der Waals surface area contributed by atoms with Crippen molar-refractivity contribution in [1.82, 2.24) is 0 Å². The van der Waals surface area contributed by atoms with Gasteiger partial charge in [-0.1, -0.05) is 85.2 Å². The summed E-state index contributed by atoms with van der Waals surface area (Å²) in [6, 6.07) is 0. The fourth-order valence-electron chi connectivity index (χ4n) is 2.81. The molecule has 2 nitrogen and oxygen atoms in total. The summed E-state index contributed by atoms with van der Waals surface area (Å²) in [5.41, 5.74) is 3.57. The summed E-state index contributed by atoms with van der Waals surface area (Å²) < 4.78 is 11.3. The van der Waals surface area contributed by atoms with Gasteiger partial charge >= 0.3 is 0 Å². The van der Waals surface area contributed by atoms with Gasteiger partial charge in [-0.15, -0.1) is 11.5 Å². The molecule has 0 aliphatic heterocycles. The fraction of sp³-hybridized carbons (Fsp3) is 0.923. The highest BCUT2D eigenvalue weighted by Crippen LogP contribution is 2.35. The van der Waals surface area contributed by atoms with E-state index in [1.165, 1.54) is 64.2 Å². The third kappa shape index (κ3) is 18.2. The highest BCUT2D eigenvalue weighted by atomic mass is 28.3. The Hall–Kier alpha value is -0.303. The first-order chi connectivity index (χ1) is 13.5. The van der Waals surface area contributed by atoms with Gasteiger partial charge in [-0.2, -0.15) is 0 Å². The van der Waals surface area contributed by atoms with Crippen LogP contribution in [0.3, 0.4) is 0 Å². The summed E-state index contributed by atoms with van der Waals surface area (Å²) >= 11 is 0. The topological polar surface area (TPSA) is 18.5 Å². The van der Waals surface area contributed by atoms with E-state index in [1.54, 1.807) is 0 Å². The first-order valence-corrected chi connectivity index (χ1v) is 15.2. The Morgan fingerprint density at radius 3 is 1.59 bits per heavy atom. The van der Waals surface area contributed by atoms with Crippen LogP contribution >= 0.6 is 0 Å². The summed E-state index contributed by atoms with van der Waals surface area (Å²) in [6.45, 7) is 20.4. The zero-order chi connectivity index (χ0) is 22.2. The molecule has 0 amide bonds. The summed E-state index contributed by atoms with van der Waals surface area (Å²) in [6.07, 6.45) is 14.5. The maximum absolute atomic E-state index is 5.64. The Kier molecular flexibility index (Phi) is 15.3. The van der Waals surface area contributed by atoms with Crippen LogP contribution in [0.25, 0.3) is 0 Å². The van der Waals surface area contributed by atoms with E-state index in [1.807, 2.05) is 0 Å². The van der Waals surface area contributed by atoms with Crippen LogP contribution in [-0.2, 0) is 9.47 Å². The fourth-order valence-corrected chi connectivity index (χ4v) is 3.75. The van der Waals surface area contributed by atoms with Crippen molar-refractivity contribution in [2.45, 2.75) is 136 Å². The summed E-state index contributed by atoms with van der Waals surface area (Å²) in [7, 11) is -1.40. The predicted octanol–water partition coefficient (Wildman–Crippen LogP) is 8.16. The Labute approximate surface area is 184 Å². The number of rotatable bonds is 15. The maximum atomic E-state index is 5.64. The first-order valence-electron chi connectivity index (χ1n) is 12.2. The second kappa shape index (κ2) is 15.5. The molecule has 0 radical (unpaired) electrons. The van der Waals surface area contributed by atoms with Gasteiger partial charge in [-0.25, -0.2) is 0 Å². The van der Waals surface area contributed by atoms with Gasteiger partial charge in [0.2, 0.25) is 0 Å². The van der Waals surface area contributed by atoms with Crippen LogP contribution in [0.1, 0.15) is 112 Å². The Morgan fingerprint density at radius 2 is 1.10 bits per heavy atom. The minimum Gasteiger partial charge on any atom is -0.379 e. The van der Waals surface area contributed by atoms with Crippen LogP contribution in [0, 0.1) is 11.5 Å². The molecule has 0 fully saturated rings. The highest BCUT2D eigenvalue weighted by Gasteiger charge is 2.33. The zero-order valence-corrected chi connectivity index (χ0v) is 22.2. The smallest absolute Gasteiger partial charge is 0.137 e. The van der Waals surface area contributed by atoms with Gasteiger partial charge in [0.05, 0.1) is 18.8 Å². The molecule has 0 aromatic heterocycles. The molecule has 0 aromatic rings. The number of ether oxygens (including phenoxy) is 2. The van der Waals surface area contributed by atoms with Crippen molar-refractivity contribution in [1.29, 1.82) is 0 Å². The Balaban J connectivity index is 3.33. The van der Waals surface area contributed by atoms with Gasteiger partial charge in [0.15, 0.2) is 0 Å². The summed E-state index contributed by atoms with van der Waals surface area (Å²) in [5.74, 6) is 3.48. The molecule has 0 aliphatic rings. The molecule has 0 unspecified atom stereocenters. The molecule has 3 heteroatoms. The van der Waals surface area contributed by atoms with Gasteiger partial charge in [-0.3, -0.25) is 0 Å². The molecule has 0 saturated carbocycles. The quantitative estimate of drug-likeness (QED) is 0.150. The Morgan fingerprint density at radius 1 is 0.621 bits per heavy atom. The molecule has 0 spiro atoms. The van der Waals surface area contributed by atoms with Crippen molar-refractivity contribution >= 4 is 8.07 Å². The third-order valence-corrected chi connectivity index (χ3v) is 10.4. The molecule has 0 aromatic carbocycles. The van der Waals surface area contributed by atoms with Gasteiger partial charge < -0.3 is 9.47 Å². The second-order valence-corrected chi connectivity index (χ2v) is 16.0. The van der Waals surface area contributed by atoms with Gasteiger partial charge in [0.25, 0.3) is 0 Å². The molecule has 0 N–H and O–H groups in total. The largest absolute Gasteiger partial charge is 0.379 e. The zero-order valence-electron chi connectivity index (χ0n) is 21.2. The Bertz CT molecular complexity index is 446. The number of hydrogen-bond acceptors (Lipinski definition) is 2. The van der Waals surface area contributed by atoms with Crippen molar-refractivity contribution in [2.75, 3.05) is 19.8 Å². The minimum absolute atomic E-state index is 0.0534. The third-order valence-electron chi connectivity index (χ3n) is 5.88. The SMILES string of the molecule is CC(C)(C)OCCOCCCCCCCCCCCCC#C[Si](C)(C)C(C)(C)C. The van der Waals surface area contributed by atoms with Crippen LogP contribution in [0.4, 0.5) is 0 Å². The normalized spacial score (nSPS) is 12.7. The predicted molar refractivity (Wildman–Crippen MR) is 132 cm³/mol. The minimum atomic E-state index is -1.40. The standard InChI is InChI=1S/C26H52O2Si/c1-25(2,3)28-23-22-27-21-19-17-15-13-11-9-10-12-14-16-18-20-24-29(7,8)26(4,5)6/h9-19,21-23H2,1-8H3. The molecule has 172 valence electrons. The molecule has 0 bridgehead atoms. The lowest BCUT2D eigenvalue weighted by Crippen LogP contribution is -2.35. The van der Waals surface area contributed by atoms with Crippen molar-refractivity contribution in [3.05, 3.63) is 0 Å². The van der Waals surface area contributed by atoms with E-state index >= 15 is 0 Å². The molecule has 29 heavy (non-hydrogen) atoms. The van der Waals surface area contributed by atoms with E-state index in [4.69, 9.17) is 9.47 Å². The number of hydrogen-bond donors (Lipinski definition) is 0. The molecule has 0 aliphatic carbocycles. The first kappa shape index (κ1) is 28.7. The highest BCUT2D eigenvalue weighted by molar-refractivity contribution is 6.87. The van der Waals surface area contributed by atoms with Gasteiger partial charge in [0, 0.05) is 13.0 Å². The summed E-state index contributed by atoms with van der Waals surface area (Å²) in [4.78, 5) is 0. The van der Waals surface area contributed by atoms with Crippen molar-refractivity contribution in [3.63, 3.8) is 0 Å². The van der Waals surface area contributed by atoms with Gasteiger partial charge in [0.1, 0.15) is 8.07 Å². The van der Waals surface area contributed by atoms with Crippen LogP contribution in [0.2, 0.25) is 18.1 Å². The number of unbranched alkanes of at least 4 members (excludes halogenated alkanes) is 10. The van der Waals surface area contributed by atoms with Gasteiger partial charge in [-0.05, 0) is 38.7 Å². The van der Waals surface area contributed by atoms with Crippen molar-refractivity contribution < 1.29 is 9.47 Å². The lowest BCUT2D eigenvalue weighted by Gasteiger charge is -2.31. The summed E-state index contributed by atoms with van der Waals surface area (Å²) in [5, 5.41) is 0.383. The van der Waals surface area contributed by atoms with E-state index in [-0.39, 0.29) is 5.60 Å². The van der Waals surface area contributed by atoms with E-state index < -0.39 is 8.07 Å². The van der Waals surface area contributed by atoms with E-state index in [2.05, 4.69) is 66.1 Å². The average molecular weight is 425 g/mol. The second-order valence-electron chi connectivity index (χ2n) is 11.0. The van der Waals surface area contributed by atoms with Crippen LogP contribution in [0.15, 0.2) is 0 Å². The molecule has 0 atom stereocenters. The molecular weight excluding hydrogens is 372 g/mol. The monoisotopic (exact) mass is 424 g/mol. The van der Waals surface area contributed by atoms with Crippen molar-refractivity contribution in [3.8, 4) is 11.5 Å². The average Bonchev–Trinajstić information content (AvgIpc) is 2.58. The van der Waals surface area contributed by atoms with E-state index in [9.17, 15) is 0 Å². The lowest BCUT2D eigenvalue weighted by molar-refractivity contribution is -0.0351. The van der Waals surface area contributed by atoms with E-state index in [0.717, 1.165) is 19.6 Å².